The molecule has 0 aliphatic carbocycles. The molecule has 48 heavy (non-hydrogen) atoms. The molecule has 0 radical (unpaired) electrons. The van der Waals surface area contributed by atoms with E-state index < -0.39 is 11.6 Å². The van der Waals surface area contributed by atoms with Gasteiger partial charge >= 0.3 is 5.97 Å². The van der Waals surface area contributed by atoms with Crippen molar-refractivity contribution in [2.45, 2.75) is 25.9 Å². The van der Waals surface area contributed by atoms with Crippen LogP contribution in [0.5, 0.6) is 0 Å². The minimum Gasteiger partial charge on any atom is -0.463 e. The lowest BCUT2D eigenvalue weighted by atomic mass is 9.98. The molecule has 1 aliphatic heterocycles. The van der Waals surface area contributed by atoms with Gasteiger partial charge in [-0.15, -0.1) is 0 Å². The molecule has 5 heterocycles. The number of rotatable bonds is 6. The summed E-state index contributed by atoms with van der Waals surface area (Å²) in [6.07, 6.45) is 8.82. The van der Waals surface area contributed by atoms with E-state index >= 15 is 0 Å². The Bertz CT molecular complexity index is 1700. The van der Waals surface area contributed by atoms with E-state index in [1.807, 2.05) is 18.2 Å². The average molecular weight is 936 g/mol. The quantitative estimate of drug-likeness (QED) is 0.0636. The molecule has 0 saturated heterocycles. The van der Waals surface area contributed by atoms with Gasteiger partial charge in [-0.1, -0.05) is 27.1 Å². The number of nitrogens with zero attached hydrogens (tertiary/aromatic N) is 7. The zero-order valence-electron chi connectivity index (χ0n) is 25.0. The Kier molecular flexibility index (Phi) is 18.0. The molecule has 0 saturated carbocycles. The van der Waals surface area contributed by atoms with Crippen molar-refractivity contribution in [3.63, 3.8) is 0 Å². The normalized spacial score (nSPS) is 14.9. The molecule has 2 N–H and O–H groups in total. The third kappa shape index (κ3) is 14.2. The number of hydrogen-bond donors (Lipinski definition) is 2. The monoisotopic (exact) mass is 931 g/mol. The molecule has 4 aromatic heterocycles. The first kappa shape index (κ1) is 40.5. The first-order chi connectivity index (χ1) is 22.9. The maximum absolute atomic E-state index is 11.7. The van der Waals surface area contributed by atoms with Crippen LogP contribution in [0.25, 0.3) is 0 Å². The first-order valence-electron chi connectivity index (χ1n) is 13.3. The van der Waals surface area contributed by atoms with Crippen LogP contribution in [0.4, 0.5) is 0 Å². The molecule has 1 unspecified atom stereocenters. The van der Waals surface area contributed by atoms with Crippen molar-refractivity contribution in [1.29, 1.82) is 0 Å². The summed E-state index contributed by atoms with van der Waals surface area (Å²) in [5, 5.41) is 25.9. The smallest absolute Gasteiger partial charge is 0.353 e. The summed E-state index contributed by atoms with van der Waals surface area (Å²) in [7, 11) is 0. The van der Waals surface area contributed by atoms with E-state index in [1.54, 1.807) is 69.0 Å². The van der Waals surface area contributed by atoms with Crippen molar-refractivity contribution in [2.24, 2.45) is 15.5 Å². The molecule has 18 heteroatoms. The number of oxime groups is 3. The molecule has 0 fully saturated rings. The zero-order valence-corrected chi connectivity index (χ0v) is 32.1. The molecule has 0 bridgehead atoms. The number of hydrogen-bond acceptors (Lipinski definition) is 13. The minimum absolute atomic E-state index is 0.0162. The predicted molar refractivity (Wildman–Crippen MR) is 194 cm³/mol. The number of carbonyl (C=O) groups excluding carboxylic acids is 2. The highest BCUT2D eigenvalue weighted by atomic mass is 79.9. The summed E-state index contributed by atoms with van der Waals surface area (Å²) in [6, 6.07) is 14.1. The molecule has 4 aromatic rings. The molecular formula is C30H26Br4ClN7O6. The summed E-state index contributed by atoms with van der Waals surface area (Å²) in [5.74, 6) is -0.402. The van der Waals surface area contributed by atoms with Crippen LogP contribution in [0.15, 0.2) is 107 Å². The van der Waals surface area contributed by atoms with E-state index in [0.717, 1.165) is 17.9 Å². The summed E-state index contributed by atoms with van der Waals surface area (Å²) >= 11 is 18.4. The molecule has 1 atom stereocenters. The van der Waals surface area contributed by atoms with E-state index in [4.69, 9.17) is 31.6 Å². The van der Waals surface area contributed by atoms with E-state index in [2.05, 4.69) is 99.1 Å². The Labute approximate surface area is 314 Å². The number of esters is 1. The Hall–Kier alpha value is -3.64. The Morgan fingerprint density at radius 3 is 1.88 bits per heavy atom. The molecule has 1 aliphatic rings. The second-order valence-corrected chi connectivity index (χ2v) is 13.1. The minimum atomic E-state index is -1.04. The Morgan fingerprint density at radius 1 is 0.896 bits per heavy atom. The van der Waals surface area contributed by atoms with Crippen LogP contribution in [0.2, 0.25) is 0 Å². The number of aromatic nitrogens is 4. The van der Waals surface area contributed by atoms with Crippen LogP contribution in [-0.4, -0.2) is 71.9 Å². The number of aldehydes is 1. The van der Waals surface area contributed by atoms with Crippen LogP contribution in [0.1, 0.15) is 47.8 Å². The second kappa shape index (κ2) is 21.4. The highest BCUT2D eigenvalue weighted by molar-refractivity contribution is 9.11. The average Bonchev–Trinajstić information content (AvgIpc) is 3.51. The summed E-state index contributed by atoms with van der Waals surface area (Å²) in [5.41, 5.74) is 1.84. The van der Waals surface area contributed by atoms with Crippen molar-refractivity contribution in [2.75, 3.05) is 6.61 Å². The fraction of sp³-hybridized carbons (Fsp3) is 0.167. The van der Waals surface area contributed by atoms with Crippen LogP contribution in [-0.2, 0) is 14.4 Å². The van der Waals surface area contributed by atoms with Gasteiger partial charge in [0.2, 0.25) is 5.60 Å². The topological polar surface area (TPSA) is 182 Å². The maximum Gasteiger partial charge on any atom is 0.353 e. The molecule has 0 spiro atoms. The number of carbonyl (C=O) groups is 2. The lowest BCUT2D eigenvalue weighted by Gasteiger charge is -2.18. The van der Waals surface area contributed by atoms with Gasteiger partial charge in [0.05, 0.1) is 24.2 Å². The fourth-order valence-electron chi connectivity index (χ4n) is 3.15. The molecular weight excluding hydrogens is 909 g/mol. The highest BCUT2D eigenvalue weighted by Crippen LogP contribution is 2.27. The summed E-state index contributed by atoms with van der Waals surface area (Å²) in [4.78, 5) is 42.8. The van der Waals surface area contributed by atoms with Gasteiger partial charge in [-0.3, -0.25) is 24.7 Å². The SMILES string of the molecule is CCOC(=O)C1(C)CC(c2ccc(Br)cn2)=NO1.O/N=C(\Cl)c1ccc(Br)cn1.O/N=C/c1ccc(Br)cn1.O=Cc1ccc(Br)cn1. The fourth-order valence-corrected chi connectivity index (χ4v) is 4.20. The van der Waals surface area contributed by atoms with Gasteiger partial charge in [0.1, 0.15) is 17.1 Å². The van der Waals surface area contributed by atoms with Gasteiger partial charge < -0.3 is 20.0 Å². The lowest BCUT2D eigenvalue weighted by Crippen LogP contribution is -2.37. The van der Waals surface area contributed by atoms with Crippen LogP contribution in [0.3, 0.4) is 0 Å². The molecule has 252 valence electrons. The van der Waals surface area contributed by atoms with Crippen LogP contribution < -0.4 is 0 Å². The number of halogens is 5. The Balaban J connectivity index is 0.000000233. The van der Waals surface area contributed by atoms with E-state index in [1.165, 1.54) is 6.21 Å². The molecule has 13 nitrogen and oxygen atoms in total. The predicted octanol–water partition coefficient (Wildman–Crippen LogP) is 7.82. The third-order valence-corrected chi connectivity index (χ3v) is 7.58. The van der Waals surface area contributed by atoms with Crippen LogP contribution in [0, 0.1) is 0 Å². The van der Waals surface area contributed by atoms with Gasteiger partial charge in [-0.25, -0.2) is 4.79 Å². The van der Waals surface area contributed by atoms with Crippen molar-refractivity contribution >= 4 is 105 Å². The highest BCUT2D eigenvalue weighted by Gasteiger charge is 2.44. The van der Waals surface area contributed by atoms with E-state index in [0.29, 0.717) is 47.8 Å². The number of pyridine rings is 4. The van der Waals surface area contributed by atoms with Crippen molar-refractivity contribution < 1.29 is 29.6 Å². The van der Waals surface area contributed by atoms with Crippen LogP contribution >= 0.6 is 75.3 Å². The molecule has 0 amide bonds. The van der Waals surface area contributed by atoms with E-state index in [-0.39, 0.29) is 5.17 Å². The van der Waals surface area contributed by atoms with E-state index in [9.17, 15) is 9.59 Å². The lowest BCUT2D eigenvalue weighted by molar-refractivity contribution is -0.166. The molecule has 0 aromatic carbocycles. The maximum atomic E-state index is 11.7. The van der Waals surface area contributed by atoms with Crippen molar-refractivity contribution in [1.82, 2.24) is 19.9 Å². The zero-order chi connectivity index (χ0) is 35.5. The van der Waals surface area contributed by atoms with Crippen molar-refractivity contribution in [3.05, 3.63) is 114 Å². The van der Waals surface area contributed by atoms with Gasteiger partial charge in [0.25, 0.3) is 0 Å². The second-order valence-electron chi connectivity index (χ2n) is 9.04. The summed E-state index contributed by atoms with van der Waals surface area (Å²) in [6.45, 7) is 3.75. The van der Waals surface area contributed by atoms with Gasteiger partial charge in [0.15, 0.2) is 11.5 Å². The first-order valence-corrected chi connectivity index (χ1v) is 16.9. The standard InChI is InChI=1S/C12H13BrN2O3.C6H4BrClN2O.C6H5BrN2O.C6H4BrNO/c1-3-17-11(16)12(2)6-10(15-18-12)9-5-4-8(13)7-14-9;7-4-1-2-5(9-3-4)6(8)10-11;7-5-1-2-6(4-9-10)8-3-5;7-5-1-2-6(4-9)8-3-5/h4-5,7H,3,6H2,1-2H3;1-3,11H;1-4,10H;1-4H/b;10-6-;9-4+;. The Morgan fingerprint density at radius 2 is 1.44 bits per heavy atom. The van der Waals surface area contributed by atoms with Gasteiger partial charge in [0, 0.05) is 49.1 Å². The molecule has 5 rings (SSSR count). The van der Waals surface area contributed by atoms with Gasteiger partial charge in [-0.2, -0.15) is 0 Å². The van der Waals surface area contributed by atoms with Gasteiger partial charge in [-0.05, 0) is 126 Å². The largest absolute Gasteiger partial charge is 0.463 e. The third-order valence-electron chi connectivity index (χ3n) is 5.43. The number of ether oxygens (including phenoxy) is 1. The summed E-state index contributed by atoms with van der Waals surface area (Å²) < 4.78 is 8.49. The van der Waals surface area contributed by atoms with Crippen molar-refractivity contribution in [3.8, 4) is 0 Å².